The highest BCUT2D eigenvalue weighted by molar-refractivity contribution is 6.04. The van der Waals surface area contributed by atoms with Crippen LogP contribution in [0.25, 0.3) is 0 Å². The lowest BCUT2D eigenvalue weighted by atomic mass is 10.2. The van der Waals surface area contributed by atoms with Gasteiger partial charge in [-0.1, -0.05) is 6.07 Å². The minimum Gasteiger partial charge on any atom is -0.369 e. The third-order valence-corrected chi connectivity index (χ3v) is 4.08. The molecule has 1 aliphatic heterocycles. The van der Waals surface area contributed by atoms with Gasteiger partial charge in [-0.25, -0.2) is 4.39 Å². The van der Waals surface area contributed by atoms with Gasteiger partial charge in [0.05, 0.1) is 0 Å². The molecule has 1 N–H and O–H groups in total. The van der Waals surface area contributed by atoms with Crippen LogP contribution in [0.1, 0.15) is 10.4 Å². The van der Waals surface area contributed by atoms with E-state index in [9.17, 15) is 9.18 Å². The maximum Gasteiger partial charge on any atom is 0.255 e. The van der Waals surface area contributed by atoms with Gasteiger partial charge in [0, 0.05) is 43.1 Å². The zero-order chi connectivity index (χ0) is 16.2. The minimum absolute atomic E-state index is 0.308. The first-order valence-electron chi connectivity index (χ1n) is 7.72. The molecule has 0 aliphatic carbocycles. The van der Waals surface area contributed by atoms with Crippen LogP contribution in [0.4, 0.5) is 15.8 Å². The Bertz CT molecular complexity index is 679. The van der Waals surface area contributed by atoms with Crippen molar-refractivity contribution in [2.24, 2.45) is 0 Å². The number of hydrogen-bond acceptors (Lipinski definition) is 3. The zero-order valence-electron chi connectivity index (χ0n) is 13.1. The molecule has 0 saturated carbocycles. The highest BCUT2D eigenvalue weighted by Gasteiger charge is 2.14. The highest BCUT2D eigenvalue weighted by atomic mass is 19.1. The van der Waals surface area contributed by atoms with E-state index in [0.717, 1.165) is 31.9 Å². The predicted molar refractivity (Wildman–Crippen MR) is 90.5 cm³/mol. The van der Waals surface area contributed by atoms with Gasteiger partial charge in [-0.2, -0.15) is 0 Å². The SMILES string of the molecule is CN1CCN(c2ccc(NC(=O)c3cccc(F)c3)cc2)CC1. The molecule has 0 atom stereocenters. The zero-order valence-corrected chi connectivity index (χ0v) is 13.1. The molecule has 0 unspecified atom stereocenters. The van der Waals surface area contributed by atoms with Crippen LogP contribution < -0.4 is 10.2 Å². The molecule has 2 aromatic carbocycles. The number of anilines is 2. The Morgan fingerprint density at radius 3 is 2.39 bits per heavy atom. The van der Waals surface area contributed by atoms with Crippen molar-refractivity contribution < 1.29 is 9.18 Å². The van der Waals surface area contributed by atoms with Crippen molar-refractivity contribution in [3.63, 3.8) is 0 Å². The van der Waals surface area contributed by atoms with Crippen LogP contribution in [0.15, 0.2) is 48.5 Å². The molecule has 1 saturated heterocycles. The van der Waals surface area contributed by atoms with Crippen LogP contribution in [0.2, 0.25) is 0 Å². The average molecular weight is 313 g/mol. The Morgan fingerprint density at radius 2 is 1.74 bits per heavy atom. The Morgan fingerprint density at radius 1 is 1.04 bits per heavy atom. The number of carbonyl (C=O) groups is 1. The molecule has 0 aromatic heterocycles. The normalized spacial score (nSPS) is 15.5. The second-order valence-electron chi connectivity index (χ2n) is 5.80. The van der Waals surface area contributed by atoms with Crippen LogP contribution in [0, 0.1) is 5.82 Å². The summed E-state index contributed by atoms with van der Waals surface area (Å²) in [4.78, 5) is 16.7. The summed E-state index contributed by atoms with van der Waals surface area (Å²) in [6.45, 7) is 4.12. The molecule has 23 heavy (non-hydrogen) atoms. The summed E-state index contributed by atoms with van der Waals surface area (Å²) < 4.78 is 13.2. The average Bonchev–Trinajstić information content (AvgIpc) is 2.56. The smallest absolute Gasteiger partial charge is 0.255 e. The van der Waals surface area contributed by atoms with Crippen molar-refractivity contribution in [2.75, 3.05) is 43.4 Å². The van der Waals surface area contributed by atoms with Gasteiger partial charge < -0.3 is 15.1 Å². The maximum absolute atomic E-state index is 13.2. The van der Waals surface area contributed by atoms with Gasteiger partial charge in [0.1, 0.15) is 5.82 Å². The van der Waals surface area contributed by atoms with E-state index in [1.54, 1.807) is 6.07 Å². The molecule has 1 fully saturated rings. The van der Waals surface area contributed by atoms with Crippen LogP contribution in [0.5, 0.6) is 0 Å². The molecule has 5 heteroatoms. The molecule has 0 bridgehead atoms. The Balaban J connectivity index is 1.64. The van der Waals surface area contributed by atoms with Gasteiger partial charge in [-0.05, 0) is 49.5 Å². The number of likely N-dealkylation sites (N-methyl/N-ethyl adjacent to an activating group) is 1. The Labute approximate surface area is 135 Å². The van der Waals surface area contributed by atoms with Crippen molar-refractivity contribution in [3.05, 3.63) is 59.9 Å². The molecule has 120 valence electrons. The van der Waals surface area contributed by atoms with E-state index < -0.39 is 5.82 Å². The number of benzene rings is 2. The van der Waals surface area contributed by atoms with Crippen molar-refractivity contribution >= 4 is 17.3 Å². The predicted octanol–water partition coefficient (Wildman–Crippen LogP) is 2.83. The number of halogens is 1. The monoisotopic (exact) mass is 313 g/mol. The lowest BCUT2D eigenvalue weighted by Gasteiger charge is -2.34. The van der Waals surface area contributed by atoms with Gasteiger partial charge >= 0.3 is 0 Å². The summed E-state index contributed by atoms with van der Waals surface area (Å²) in [6.07, 6.45) is 0. The largest absolute Gasteiger partial charge is 0.369 e. The lowest BCUT2D eigenvalue weighted by molar-refractivity contribution is 0.102. The summed E-state index contributed by atoms with van der Waals surface area (Å²) in [5, 5.41) is 2.79. The summed E-state index contributed by atoms with van der Waals surface area (Å²) in [5.41, 5.74) is 2.17. The standard InChI is InChI=1S/C18H20FN3O/c1-21-9-11-22(12-10-21)17-7-5-16(6-8-17)20-18(23)14-3-2-4-15(19)13-14/h2-8,13H,9-12H2,1H3,(H,20,23). The summed E-state index contributed by atoms with van der Waals surface area (Å²) in [5.74, 6) is -0.722. The summed E-state index contributed by atoms with van der Waals surface area (Å²) in [7, 11) is 2.13. The number of nitrogens with one attached hydrogen (secondary N) is 1. The first-order valence-corrected chi connectivity index (χ1v) is 7.72. The molecule has 1 aliphatic rings. The molecule has 2 aromatic rings. The molecule has 1 heterocycles. The summed E-state index contributed by atoms with van der Waals surface area (Å²) in [6, 6.07) is 13.4. The third kappa shape index (κ3) is 3.87. The molecule has 0 spiro atoms. The van der Waals surface area contributed by atoms with Crippen LogP contribution in [-0.4, -0.2) is 44.0 Å². The fraction of sp³-hybridized carbons (Fsp3) is 0.278. The van der Waals surface area contributed by atoms with Crippen LogP contribution in [0.3, 0.4) is 0 Å². The topological polar surface area (TPSA) is 35.6 Å². The number of carbonyl (C=O) groups excluding carboxylic acids is 1. The first kappa shape index (κ1) is 15.5. The van der Waals surface area contributed by atoms with Crippen LogP contribution >= 0.6 is 0 Å². The van der Waals surface area contributed by atoms with Crippen LogP contribution in [-0.2, 0) is 0 Å². The molecule has 1 amide bonds. The number of nitrogens with zero attached hydrogens (tertiary/aromatic N) is 2. The van der Waals surface area contributed by atoms with E-state index in [-0.39, 0.29) is 5.91 Å². The highest BCUT2D eigenvalue weighted by Crippen LogP contribution is 2.20. The Hall–Kier alpha value is -2.40. The van der Waals surface area contributed by atoms with E-state index in [2.05, 4.69) is 22.2 Å². The fourth-order valence-electron chi connectivity index (χ4n) is 2.65. The number of amides is 1. The van der Waals surface area contributed by atoms with E-state index in [1.807, 2.05) is 24.3 Å². The van der Waals surface area contributed by atoms with Crippen molar-refractivity contribution in [2.45, 2.75) is 0 Å². The molecule has 4 nitrogen and oxygen atoms in total. The van der Waals surface area contributed by atoms with E-state index in [1.165, 1.54) is 18.2 Å². The quantitative estimate of drug-likeness (QED) is 0.946. The van der Waals surface area contributed by atoms with Gasteiger partial charge in [-0.3, -0.25) is 4.79 Å². The maximum atomic E-state index is 13.2. The third-order valence-electron chi connectivity index (χ3n) is 4.08. The first-order chi connectivity index (χ1) is 11.1. The second kappa shape index (κ2) is 6.79. The van der Waals surface area contributed by atoms with Crippen molar-refractivity contribution in [3.8, 4) is 0 Å². The lowest BCUT2D eigenvalue weighted by Crippen LogP contribution is -2.44. The van der Waals surface area contributed by atoms with E-state index in [4.69, 9.17) is 0 Å². The van der Waals surface area contributed by atoms with Crippen molar-refractivity contribution in [1.82, 2.24) is 4.90 Å². The van der Waals surface area contributed by atoms with Gasteiger partial charge in [-0.15, -0.1) is 0 Å². The van der Waals surface area contributed by atoms with E-state index >= 15 is 0 Å². The van der Waals surface area contributed by atoms with E-state index in [0.29, 0.717) is 11.3 Å². The number of piperazine rings is 1. The van der Waals surface area contributed by atoms with Crippen molar-refractivity contribution in [1.29, 1.82) is 0 Å². The van der Waals surface area contributed by atoms with Gasteiger partial charge in [0.15, 0.2) is 0 Å². The minimum atomic E-state index is -0.414. The summed E-state index contributed by atoms with van der Waals surface area (Å²) >= 11 is 0. The molecular formula is C18H20FN3O. The fourth-order valence-corrected chi connectivity index (χ4v) is 2.65. The molecular weight excluding hydrogens is 293 g/mol. The number of hydrogen-bond donors (Lipinski definition) is 1. The Kier molecular flexibility index (Phi) is 4.57. The van der Waals surface area contributed by atoms with Gasteiger partial charge in [0.2, 0.25) is 0 Å². The molecule has 3 rings (SSSR count). The number of rotatable bonds is 3. The second-order valence-corrected chi connectivity index (χ2v) is 5.80. The van der Waals surface area contributed by atoms with Gasteiger partial charge in [0.25, 0.3) is 5.91 Å². The molecule has 0 radical (unpaired) electrons.